The third-order valence-corrected chi connectivity index (χ3v) is 2.84. The van der Waals surface area contributed by atoms with Gasteiger partial charge >= 0.3 is 5.97 Å². The standard InChI is InChI=1S/C14H22N2O3.ClH/c1-10(17)19-13-7-6-11(9-14(13)18-2)12(16)5-3-4-8-15;/h6-7,9,12H,3-5,8,15-16H2,1-2H3;1H/t12-;/m0./s1. The third kappa shape index (κ3) is 5.77. The molecule has 4 N–H and O–H groups in total. The Kier molecular flexibility index (Phi) is 8.96. The Morgan fingerprint density at radius 3 is 2.55 bits per heavy atom. The summed E-state index contributed by atoms with van der Waals surface area (Å²) in [7, 11) is 1.53. The van der Waals surface area contributed by atoms with Gasteiger partial charge < -0.3 is 20.9 Å². The Balaban J connectivity index is 0.00000361. The maximum Gasteiger partial charge on any atom is 0.308 e. The Morgan fingerprint density at radius 2 is 2.00 bits per heavy atom. The average molecular weight is 303 g/mol. The number of esters is 1. The van der Waals surface area contributed by atoms with Crippen LogP contribution in [0.15, 0.2) is 18.2 Å². The van der Waals surface area contributed by atoms with Gasteiger partial charge in [-0.1, -0.05) is 12.5 Å². The normalized spacial score (nSPS) is 11.4. The number of nitrogens with two attached hydrogens (primary N) is 2. The number of carbonyl (C=O) groups is 1. The molecule has 6 heteroatoms. The van der Waals surface area contributed by atoms with E-state index in [1.165, 1.54) is 14.0 Å². The highest BCUT2D eigenvalue weighted by molar-refractivity contribution is 5.85. The summed E-state index contributed by atoms with van der Waals surface area (Å²) < 4.78 is 10.3. The van der Waals surface area contributed by atoms with E-state index in [2.05, 4.69) is 0 Å². The second-order valence-electron chi connectivity index (χ2n) is 4.39. The van der Waals surface area contributed by atoms with Gasteiger partial charge in [0.1, 0.15) is 0 Å². The van der Waals surface area contributed by atoms with Crippen LogP contribution in [0.3, 0.4) is 0 Å². The molecule has 1 atom stereocenters. The van der Waals surface area contributed by atoms with Crippen LogP contribution in [0.4, 0.5) is 0 Å². The average Bonchev–Trinajstić information content (AvgIpc) is 2.38. The van der Waals surface area contributed by atoms with Crippen molar-refractivity contribution in [2.45, 2.75) is 32.2 Å². The van der Waals surface area contributed by atoms with Crippen molar-refractivity contribution in [2.24, 2.45) is 11.5 Å². The minimum absolute atomic E-state index is 0. The summed E-state index contributed by atoms with van der Waals surface area (Å²) in [5.41, 5.74) is 12.5. The van der Waals surface area contributed by atoms with Crippen molar-refractivity contribution in [3.05, 3.63) is 23.8 Å². The van der Waals surface area contributed by atoms with Gasteiger partial charge in [0.2, 0.25) is 0 Å². The molecule has 0 unspecified atom stereocenters. The molecule has 0 fully saturated rings. The van der Waals surface area contributed by atoms with Crippen LogP contribution in [0.2, 0.25) is 0 Å². The monoisotopic (exact) mass is 302 g/mol. The van der Waals surface area contributed by atoms with Crippen molar-refractivity contribution in [2.75, 3.05) is 13.7 Å². The predicted octanol–water partition coefficient (Wildman–Crippen LogP) is 2.17. The molecule has 0 saturated carbocycles. The first-order valence-electron chi connectivity index (χ1n) is 6.40. The van der Waals surface area contributed by atoms with E-state index in [0.29, 0.717) is 18.0 Å². The first kappa shape index (κ1) is 18.7. The summed E-state index contributed by atoms with van der Waals surface area (Å²) in [6.45, 7) is 2.04. The molecule has 1 aromatic carbocycles. The molecule has 1 aromatic rings. The van der Waals surface area contributed by atoms with E-state index in [0.717, 1.165) is 24.8 Å². The molecular weight excluding hydrogens is 280 g/mol. The molecule has 0 heterocycles. The van der Waals surface area contributed by atoms with E-state index in [9.17, 15) is 4.79 Å². The van der Waals surface area contributed by atoms with Crippen molar-refractivity contribution in [1.29, 1.82) is 0 Å². The lowest BCUT2D eigenvalue weighted by Gasteiger charge is -2.15. The first-order chi connectivity index (χ1) is 9.08. The summed E-state index contributed by atoms with van der Waals surface area (Å²) in [5.74, 6) is 0.549. The lowest BCUT2D eigenvalue weighted by molar-refractivity contribution is -0.132. The fourth-order valence-corrected chi connectivity index (χ4v) is 1.83. The van der Waals surface area contributed by atoms with Crippen molar-refractivity contribution in [1.82, 2.24) is 0 Å². The van der Waals surface area contributed by atoms with Crippen LogP contribution in [0, 0.1) is 0 Å². The van der Waals surface area contributed by atoms with Gasteiger partial charge in [-0.2, -0.15) is 0 Å². The Morgan fingerprint density at radius 1 is 1.30 bits per heavy atom. The second-order valence-corrected chi connectivity index (χ2v) is 4.39. The van der Waals surface area contributed by atoms with Crippen molar-refractivity contribution in [3.63, 3.8) is 0 Å². The molecule has 0 spiro atoms. The van der Waals surface area contributed by atoms with E-state index < -0.39 is 0 Å². The molecule has 0 amide bonds. The highest BCUT2D eigenvalue weighted by Gasteiger charge is 2.12. The maximum atomic E-state index is 11.0. The van der Waals surface area contributed by atoms with Crippen LogP contribution in [-0.4, -0.2) is 19.6 Å². The molecule has 0 aliphatic rings. The summed E-state index contributed by atoms with van der Waals surface area (Å²) in [6.07, 6.45) is 2.83. The molecule has 5 nitrogen and oxygen atoms in total. The zero-order chi connectivity index (χ0) is 14.3. The summed E-state index contributed by atoms with van der Waals surface area (Å²) >= 11 is 0. The van der Waals surface area contributed by atoms with E-state index in [4.69, 9.17) is 20.9 Å². The summed E-state index contributed by atoms with van der Waals surface area (Å²) in [5, 5.41) is 0. The van der Waals surface area contributed by atoms with Crippen LogP contribution in [0.25, 0.3) is 0 Å². The minimum atomic E-state index is -0.377. The van der Waals surface area contributed by atoms with Gasteiger partial charge in [0.15, 0.2) is 11.5 Å². The topological polar surface area (TPSA) is 87.6 Å². The molecule has 114 valence electrons. The number of hydrogen-bond donors (Lipinski definition) is 2. The highest BCUT2D eigenvalue weighted by atomic mass is 35.5. The van der Waals surface area contributed by atoms with Crippen LogP contribution in [-0.2, 0) is 4.79 Å². The van der Waals surface area contributed by atoms with Gasteiger partial charge in [-0.25, -0.2) is 0 Å². The number of methoxy groups -OCH3 is 1. The van der Waals surface area contributed by atoms with Crippen molar-refractivity contribution in [3.8, 4) is 11.5 Å². The Hall–Kier alpha value is -1.30. The smallest absolute Gasteiger partial charge is 0.308 e. The number of halogens is 1. The predicted molar refractivity (Wildman–Crippen MR) is 81.4 cm³/mol. The van der Waals surface area contributed by atoms with Crippen LogP contribution >= 0.6 is 12.4 Å². The molecule has 20 heavy (non-hydrogen) atoms. The second kappa shape index (κ2) is 9.58. The van der Waals surface area contributed by atoms with Gasteiger partial charge in [-0.3, -0.25) is 4.79 Å². The minimum Gasteiger partial charge on any atom is -0.493 e. The summed E-state index contributed by atoms with van der Waals surface area (Å²) in [4.78, 5) is 11.0. The molecule has 0 aromatic heterocycles. The molecule has 0 aliphatic heterocycles. The number of carbonyl (C=O) groups excluding carboxylic acids is 1. The van der Waals surface area contributed by atoms with Crippen molar-refractivity contribution < 1.29 is 14.3 Å². The molecule has 1 rings (SSSR count). The number of rotatable bonds is 7. The zero-order valence-corrected chi connectivity index (χ0v) is 12.7. The Labute approximate surface area is 126 Å². The largest absolute Gasteiger partial charge is 0.493 e. The van der Waals surface area contributed by atoms with E-state index in [1.54, 1.807) is 6.07 Å². The van der Waals surface area contributed by atoms with Gasteiger partial charge in [-0.15, -0.1) is 12.4 Å². The number of unbranched alkanes of at least 4 members (excludes halogenated alkanes) is 1. The van der Waals surface area contributed by atoms with Crippen LogP contribution in [0.5, 0.6) is 11.5 Å². The summed E-state index contributed by atoms with van der Waals surface area (Å²) in [6, 6.07) is 5.31. The fraction of sp³-hybridized carbons (Fsp3) is 0.500. The van der Waals surface area contributed by atoms with E-state index in [-0.39, 0.29) is 24.4 Å². The highest BCUT2D eigenvalue weighted by Crippen LogP contribution is 2.31. The van der Waals surface area contributed by atoms with E-state index >= 15 is 0 Å². The molecule has 0 saturated heterocycles. The van der Waals surface area contributed by atoms with E-state index in [1.807, 2.05) is 12.1 Å². The van der Waals surface area contributed by atoms with Gasteiger partial charge in [0, 0.05) is 13.0 Å². The van der Waals surface area contributed by atoms with Gasteiger partial charge in [-0.05, 0) is 37.1 Å². The molecule has 0 aliphatic carbocycles. The van der Waals surface area contributed by atoms with Gasteiger partial charge in [0.25, 0.3) is 0 Å². The fourth-order valence-electron chi connectivity index (χ4n) is 1.83. The maximum absolute atomic E-state index is 11.0. The van der Waals surface area contributed by atoms with Gasteiger partial charge in [0.05, 0.1) is 7.11 Å². The number of ether oxygens (including phenoxy) is 2. The lowest BCUT2D eigenvalue weighted by atomic mass is 10.0. The number of hydrogen-bond acceptors (Lipinski definition) is 5. The molecule has 0 radical (unpaired) electrons. The zero-order valence-electron chi connectivity index (χ0n) is 11.9. The SMILES string of the molecule is COc1cc([C@@H](N)CCCCN)ccc1OC(C)=O.Cl. The van der Waals surface area contributed by atoms with Crippen LogP contribution < -0.4 is 20.9 Å². The first-order valence-corrected chi connectivity index (χ1v) is 6.40. The van der Waals surface area contributed by atoms with Crippen molar-refractivity contribution >= 4 is 18.4 Å². The lowest BCUT2D eigenvalue weighted by Crippen LogP contribution is -2.11. The quantitative estimate of drug-likeness (QED) is 0.458. The molecular formula is C14H23ClN2O3. The number of benzene rings is 1. The molecule has 0 bridgehead atoms. The third-order valence-electron chi connectivity index (χ3n) is 2.84. The van der Waals surface area contributed by atoms with Crippen LogP contribution in [0.1, 0.15) is 37.8 Å². The Bertz CT molecular complexity index is 427.